The van der Waals surface area contributed by atoms with Crippen molar-refractivity contribution in [2.75, 3.05) is 0 Å². The summed E-state index contributed by atoms with van der Waals surface area (Å²) in [6.07, 6.45) is -14.3. The third-order valence-corrected chi connectivity index (χ3v) is 4.39. The first-order valence-corrected chi connectivity index (χ1v) is 8.19. The third-order valence-electron chi connectivity index (χ3n) is 3.38. The molecule has 2 atom stereocenters. The summed E-state index contributed by atoms with van der Waals surface area (Å²) in [5, 5.41) is -5.40. The first-order chi connectivity index (χ1) is 14.1. The minimum Gasteiger partial charge on any atom is -0.431 e. The van der Waals surface area contributed by atoms with Gasteiger partial charge in [-0.15, -0.1) is 0 Å². The molecular weight excluding hydrogens is 550 g/mol. The predicted octanol–water partition coefficient (Wildman–Crippen LogP) is 6.44. The number of ether oxygens (including phenoxy) is 2. The van der Waals surface area contributed by atoms with E-state index in [0.29, 0.717) is 0 Å². The summed E-state index contributed by atoms with van der Waals surface area (Å²) in [5.41, 5.74) is -10.00. The summed E-state index contributed by atoms with van der Waals surface area (Å²) >= 11 is 13.3. The molecule has 0 spiro atoms. The van der Waals surface area contributed by atoms with Gasteiger partial charge in [0.2, 0.25) is 5.82 Å². The summed E-state index contributed by atoms with van der Waals surface area (Å²) in [7, 11) is 0. The van der Waals surface area contributed by atoms with Gasteiger partial charge >= 0.3 is 33.8 Å². The molecule has 0 aliphatic heterocycles. The van der Waals surface area contributed by atoms with Crippen molar-refractivity contribution in [3.8, 4) is 0 Å². The number of alkyl halides is 10. The highest BCUT2D eigenvalue weighted by molar-refractivity contribution is 6.51. The summed E-state index contributed by atoms with van der Waals surface area (Å²) in [6, 6.07) is 0. The monoisotopic (exact) mass is 552 g/mol. The van der Waals surface area contributed by atoms with Gasteiger partial charge in [-0.3, -0.25) is 4.74 Å². The highest BCUT2D eigenvalue weighted by Gasteiger charge is 2.80. The molecule has 1 aromatic rings. The fourth-order valence-electron chi connectivity index (χ4n) is 2.02. The Balaban J connectivity index is 4.23. The average molecular weight is 554 g/mol. The van der Waals surface area contributed by atoms with Gasteiger partial charge in [-0.05, 0) is 11.6 Å². The zero-order valence-corrected chi connectivity index (χ0v) is 16.4. The normalized spacial score (nSPS) is 16.8. The van der Waals surface area contributed by atoms with Gasteiger partial charge in [-0.25, -0.2) is 26.7 Å². The predicted molar refractivity (Wildman–Crippen MR) is 81.5 cm³/mol. The van der Waals surface area contributed by atoms with Gasteiger partial charge in [0.05, 0.1) is 5.56 Å². The van der Waals surface area contributed by atoms with Crippen LogP contribution >= 0.6 is 34.8 Å². The zero-order valence-electron chi connectivity index (χ0n) is 14.2. The van der Waals surface area contributed by atoms with Crippen LogP contribution in [0.25, 0.3) is 0 Å². The molecule has 182 valence electrons. The van der Waals surface area contributed by atoms with E-state index in [-0.39, 0.29) is 6.08 Å². The quantitative estimate of drug-likeness (QED) is 0.0974. The first kappa shape index (κ1) is 28.5. The maximum absolute atomic E-state index is 14.6. The topological polar surface area (TPSA) is 35.5 Å². The van der Waals surface area contributed by atoms with Crippen LogP contribution in [0.3, 0.4) is 0 Å². The van der Waals surface area contributed by atoms with Gasteiger partial charge in [-0.1, -0.05) is 29.8 Å². The second kappa shape index (κ2) is 8.65. The number of halogens is 15. The molecular formula is C14H3Cl3F12O3. The van der Waals surface area contributed by atoms with Crippen LogP contribution in [0.4, 0.5) is 52.7 Å². The van der Waals surface area contributed by atoms with Crippen LogP contribution in [0, 0.1) is 29.1 Å². The minimum atomic E-state index is -7.10. The van der Waals surface area contributed by atoms with Gasteiger partial charge in [0, 0.05) is 6.08 Å². The van der Waals surface area contributed by atoms with Crippen molar-refractivity contribution in [2.45, 2.75) is 27.8 Å². The third kappa shape index (κ3) is 4.56. The molecule has 0 fully saturated rings. The molecule has 0 N–H and O–H groups in total. The molecule has 0 amide bonds. The molecule has 32 heavy (non-hydrogen) atoms. The Hall–Kier alpha value is -1.58. The van der Waals surface area contributed by atoms with Crippen LogP contribution < -0.4 is 0 Å². The largest absolute Gasteiger partial charge is 0.442 e. The number of hydrogen-bond acceptors (Lipinski definition) is 3. The molecule has 2 unspecified atom stereocenters. The molecule has 0 saturated carbocycles. The van der Waals surface area contributed by atoms with E-state index in [9.17, 15) is 57.5 Å². The van der Waals surface area contributed by atoms with Crippen molar-refractivity contribution in [1.29, 1.82) is 0 Å². The molecule has 18 heteroatoms. The zero-order chi connectivity index (χ0) is 25.7. The second-order valence-corrected chi connectivity index (χ2v) is 7.10. The molecule has 0 aromatic heterocycles. The van der Waals surface area contributed by atoms with Crippen LogP contribution in [0.1, 0.15) is 5.56 Å². The summed E-state index contributed by atoms with van der Waals surface area (Å²) < 4.78 is 167. The van der Waals surface area contributed by atoms with Crippen molar-refractivity contribution in [3.63, 3.8) is 0 Å². The van der Waals surface area contributed by atoms with Gasteiger partial charge < -0.3 is 4.74 Å². The number of esters is 1. The maximum atomic E-state index is 14.6. The summed E-state index contributed by atoms with van der Waals surface area (Å²) in [6.45, 7) is 2.48. The number of carbonyl (C=O) groups is 1. The van der Waals surface area contributed by atoms with Crippen molar-refractivity contribution in [1.82, 2.24) is 0 Å². The minimum absolute atomic E-state index is 0.339. The lowest BCUT2D eigenvalue weighted by Crippen LogP contribution is -2.63. The lowest BCUT2D eigenvalue weighted by Gasteiger charge is -2.41. The highest BCUT2D eigenvalue weighted by atomic mass is 35.5. The van der Waals surface area contributed by atoms with Gasteiger partial charge in [0.25, 0.3) is 0 Å². The fraction of sp³-hybridized carbons (Fsp3) is 0.357. The Morgan fingerprint density at radius 3 is 1.47 bits per heavy atom. The summed E-state index contributed by atoms with van der Waals surface area (Å²) in [4.78, 5) is 11.3. The van der Waals surface area contributed by atoms with Gasteiger partial charge in [-0.2, -0.15) is 30.7 Å². The molecule has 0 heterocycles. The molecule has 1 rings (SSSR count). The smallest absolute Gasteiger partial charge is 0.431 e. The maximum Gasteiger partial charge on any atom is 0.442 e. The lowest BCUT2D eigenvalue weighted by molar-refractivity contribution is -0.438. The van der Waals surface area contributed by atoms with Gasteiger partial charge in [0.1, 0.15) is 0 Å². The Bertz CT molecular complexity index is 899. The first-order valence-electron chi connectivity index (χ1n) is 7.05. The van der Waals surface area contributed by atoms with E-state index in [1.54, 1.807) is 0 Å². The number of rotatable bonds is 7. The van der Waals surface area contributed by atoms with E-state index in [4.69, 9.17) is 0 Å². The van der Waals surface area contributed by atoms with Crippen LogP contribution in [0.15, 0.2) is 12.7 Å². The fourth-order valence-corrected chi connectivity index (χ4v) is 2.19. The summed E-state index contributed by atoms with van der Waals surface area (Å²) in [5.74, 6) is -19.5. The number of carbonyl (C=O) groups excluding carboxylic acids is 1. The lowest BCUT2D eigenvalue weighted by atomic mass is 9.89. The van der Waals surface area contributed by atoms with Crippen LogP contribution in [0.5, 0.6) is 0 Å². The highest BCUT2D eigenvalue weighted by Crippen LogP contribution is 2.58. The number of benzene rings is 1. The van der Waals surface area contributed by atoms with Crippen LogP contribution in [0.2, 0.25) is 0 Å². The Morgan fingerprint density at radius 1 is 0.781 bits per heavy atom. The van der Waals surface area contributed by atoms with Gasteiger partial charge in [0.15, 0.2) is 23.3 Å². The molecule has 0 bridgehead atoms. The molecule has 0 aliphatic carbocycles. The van der Waals surface area contributed by atoms with Crippen molar-refractivity contribution in [3.05, 3.63) is 47.3 Å². The SMILES string of the molecule is C=CC(=O)OC(c1c(F)c(F)c(F)c(F)c1F)(C(F)(F)F)C(F)(F)OC(F)(Cl)C(F)(Cl)Cl. The van der Waals surface area contributed by atoms with Crippen LogP contribution in [-0.2, 0) is 19.9 Å². The molecule has 1 aromatic carbocycles. The molecule has 0 radical (unpaired) electrons. The Labute approximate surface area is 183 Å². The average Bonchev–Trinajstić information content (AvgIpc) is 2.60. The van der Waals surface area contributed by atoms with Crippen molar-refractivity contribution < 1.29 is 67.0 Å². The van der Waals surface area contributed by atoms with E-state index in [1.165, 1.54) is 0 Å². The second-order valence-electron chi connectivity index (χ2n) is 5.38. The number of hydrogen-bond donors (Lipinski definition) is 0. The van der Waals surface area contributed by atoms with E-state index in [2.05, 4.69) is 50.9 Å². The van der Waals surface area contributed by atoms with E-state index in [1.807, 2.05) is 0 Å². The molecule has 0 saturated heterocycles. The van der Waals surface area contributed by atoms with Crippen molar-refractivity contribution >= 4 is 40.8 Å². The molecule has 3 nitrogen and oxygen atoms in total. The Morgan fingerprint density at radius 2 is 1.16 bits per heavy atom. The van der Waals surface area contributed by atoms with E-state index >= 15 is 0 Å². The molecule has 0 aliphatic rings. The van der Waals surface area contributed by atoms with E-state index < -0.39 is 68.4 Å². The van der Waals surface area contributed by atoms with Crippen LogP contribution in [-0.4, -0.2) is 28.2 Å². The Kier molecular flexibility index (Phi) is 7.69. The van der Waals surface area contributed by atoms with E-state index in [0.717, 1.165) is 0 Å². The van der Waals surface area contributed by atoms with Crippen molar-refractivity contribution in [2.24, 2.45) is 0 Å². The standard InChI is InChI=1S/C14H3Cl3F12O3/c1-2-3(30)31-10(13(25,26)27,14(28,29)32-12(17,24)11(15,16)23)4-5(18)7(20)9(22)8(21)6(4)19/h2H,1H2.